The van der Waals surface area contributed by atoms with Gasteiger partial charge in [0, 0.05) is 40.2 Å². The van der Waals surface area contributed by atoms with Gasteiger partial charge in [0.1, 0.15) is 0 Å². The summed E-state index contributed by atoms with van der Waals surface area (Å²) in [4.78, 5) is 17.5. The summed E-state index contributed by atoms with van der Waals surface area (Å²) in [6.07, 6.45) is 3.32. The van der Waals surface area contributed by atoms with Crippen molar-refractivity contribution in [3.8, 4) is 0 Å². The number of halogens is 1. The minimum Gasteiger partial charge on any atom is -0.465 e. The fourth-order valence-electron chi connectivity index (χ4n) is 4.00. The summed E-state index contributed by atoms with van der Waals surface area (Å²) in [7, 11) is -3.81. The first kappa shape index (κ1) is 20.8. The Bertz CT molecular complexity index is 1180. The van der Waals surface area contributed by atoms with Crippen molar-refractivity contribution in [3.05, 3.63) is 71.0 Å². The summed E-state index contributed by atoms with van der Waals surface area (Å²) in [5.41, 5.74) is 0.896. The molecule has 30 heavy (non-hydrogen) atoms. The number of rotatable bonds is 5. The number of amides is 1. The van der Waals surface area contributed by atoms with Gasteiger partial charge in [-0.2, -0.15) is 0 Å². The Balaban J connectivity index is 1.55. The molecule has 3 aromatic rings. The Morgan fingerprint density at radius 1 is 1.17 bits per heavy atom. The number of benzene rings is 2. The van der Waals surface area contributed by atoms with Crippen LogP contribution in [-0.2, 0) is 10.0 Å². The quantitative estimate of drug-likeness (QED) is 0.560. The van der Waals surface area contributed by atoms with E-state index in [1.54, 1.807) is 36.7 Å². The van der Waals surface area contributed by atoms with Gasteiger partial charge < -0.3 is 5.11 Å². The largest absolute Gasteiger partial charge is 0.465 e. The van der Waals surface area contributed by atoms with E-state index in [1.165, 1.54) is 4.90 Å². The molecule has 0 saturated carbocycles. The second-order valence-electron chi connectivity index (χ2n) is 7.19. The van der Waals surface area contributed by atoms with Crippen LogP contribution in [0.5, 0.6) is 0 Å². The molecule has 156 valence electrons. The maximum Gasteiger partial charge on any atom is 0.408 e. The highest BCUT2D eigenvalue weighted by molar-refractivity contribution is 9.10. The van der Waals surface area contributed by atoms with Gasteiger partial charge in [-0.25, -0.2) is 17.9 Å². The summed E-state index contributed by atoms with van der Waals surface area (Å²) in [5, 5.41) is 11.1. The van der Waals surface area contributed by atoms with Crippen LogP contribution in [0.3, 0.4) is 0 Å². The molecule has 1 fully saturated rings. The number of fused-ring (bicyclic) bond motifs is 1. The number of hydrogen-bond acceptors (Lipinski definition) is 4. The topological polar surface area (TPSA) is 99.6 Å². The summed E-state index contributed by atoms with van der Waals surface area (Å²) >= 11 is 3.39. The van der Waals surface area contributed by atoms with Crippen molar-refractivity contribution in [3.63, 3.8) is 0 Å². The SMILES string of the molecule is O=C(O)N1C(CNS(=O)(=O)c2cccc3cnccc23)CCC1c1ccc(Br)cc1. The molecule has 9 heteroatoms. The number of nitrogens with zero attached hydrogens (tertiary/aromatic N) is 2. The minimum atomic E-state index is -3.81. The Labute approximate surface area is 182 Å². The van der Waals surface area contributed by atoms with Gasteiger partial charge in [0.15, 0.2) is 0 Å². The molecule has 1 amide bonds. The standard InChI is InChI=1S/C21H20BrN3O4S/c22-16-6-4-14(5-7-16)19-9-8-17(25(19)21(26)27)13-24-30(28,29)20-3-1-2-15-12-23-11-10-18(15)20/h1-7,10-12,17,19,24H,8-9,13H2,(H,26,27). The number of nitrogens with one attached hydrogen (secondary N) is 1. The zero-order chi connectivity index (χ0) is 21.3. The molecular weight excluding hydrogens is 470 g/mol. The van der Waals surface area contributed by atoms with E-state index in [2.05, 4.69) is 25.6 Å². The lowest BCUT2D eigenvalue weighted by Gasteiger charge is -2.28. The molecule has 1 saturated heterocycles. The normalized spacial score (nSPS) is 19.3. The molecular formula is C21H20BrN3O4S. The number of pyridine rings is 1. The first-order valence-electron chi connectivity index (χ1n) is 9.46. The molecule has 7 nitrogen and oxygen atoms in total. The Morgan fingerprint density at radius 3 is 2.67 bits per heavy atom. The molecule has 0 aliphatic carbocycles. The molecule has 1 aromatic heterocycles. The van der Waals surface area contributed by atoms with Crippen LogP contribution in [0.15, 0.2) is 70.3 Å². The number of aromatic nitrogens is 1. The maximum absolute atomic E-state index is 13.0. The fraction of sp³-hybridized carbons (Fsp3) is 0.238. The van der Waals surface area contributed by atoms with Gasteiger partial charge in [0.2, 0.25) is 10.0 Å². The highest BCUT2D eigenvalue weighted by atomic mass is 79.9. The first-order valence-corrected chi connectivity index (χ1v) is 11.7. The number of sulfonamides is 1. The number of carboxylic acid groups (broad SMARTS) is 1. The minimum absolute atomic E-state index is 0.0170. The molecule has 0 spiro atoms. The average Bonchev–Trinajstić information content (AvgIpc) is 3.17. The monoisotopic (exact) mass is 489 g/mol. The van der Waals surface area contributed by atoms with E-state index in [4.69, 9.17) is 0 Å². The first-order chi connectivity index (χ1) is 14.4. The lowest BCUT2D eigenvalue weighted by molar-refractivity contribution is 0.122. The van der Waals surface area contributed by atoms with Crippen molar-refractivity contribution in [1.29, 1.82) is 0 Å². The molecule has 0 radical (unpaired) electrons. The van der Waals surface area contributed by atoms with Crippen LogP contribution in [0.25, 0.3) is 10.8 Å². The Kier molecular flexibility index (Phi) is 5.77. The zero-order valence-electron chi connectivity index (χ0n) is 15.9. The van der Waals surface area contributed by atoms with Crippen molar-refractivity contribution in [2.24, 2.45) is 0 Å². The maximum atomic E-state index is 13.0. The average molecular weight is 490 g/mol. The van der Waals surface area contributed by atoms with Crippen molar-refractivity contribution in [2.75, 3.05) is 6.54 Å². The van der Waals surface area contributed by atoms with Crippen LogP contribution in [0.1, 0.15) is 24.4 Å². The van der Waals surface area contributed by atoms with Crippen molar-refractivity contribution < 1.29 is 18.3 Å². The number of likely N-dealkylation sites (tertiary alicyclic amines) is 1. The van der Waals surface area contributed by atoms with Crippen molar-refractivity contribution in [1.82, 2.24) is 14.6 Å². The molecule has 2 heterocycles. The Morgan fingerprint density at radius 2 is 1.93 bits per heavy atom. The van der Waals surface area contributed by atoms with Gasteiger partial charge in [0.25, 0.3) is 0 Å². The molecule has 2 unspecified atom stereocenters. The van der Waals surface area contributed by atoms with Crippen LogP contribution in [0.4, 0.5) is 4.79 Å². The molecule has 1 aliphatic rings. The molecule has 4 rings (SSSR count). The second-order valence-corrected chi connectivity index (χ2v) is 9.84. The van der Waals surface area contributed by atoms with E-state index in [9.17, 15) is 18.3 Å². The van der Waals surface area contributed by atoms with E-state index in [-0.39, 0.29) is 17.5 Å². The number of carbonyl (C=O) groups is 1. The fourth-order valence-corrected chi connectivity index (χ4v) is 5.56. The predicted octanol–water partition coefficient (Wildman–Crippen LogP) is 4.16. The second kappa shape index (κ2) is 8.33. The molecule has 0 bridgehead atoms. The summed E-state index contributed by atoms with van der Waals surface area (Å²) in [6, 6.07) is 13.5. The Hall–Kier alpha value is -2.49. The molecule has 2 atom stereocenters. The van der Waals surface area contributed by atoms with Gasteiger partial charge >= 0.3 is 6.09 Å². The smallest absolute Gasteiger partial charge is 0.408 e. The van der Waals surface area contributed by atoms with E-state index >= 15 is 0 Å². The van der Waals surface area contributed by atoms with Crippen LogP contribution in [-0.4, -0.2) is 42.1 Å². The highest BCUT2D eigenvalue weighted by Crippen LogP contribution is 2.36. The van der Waals surface area contributed by atoms with E-state index in [1.807, 2.05) is 24.3 Å². The van der Waals surface area contributed by atoms with E-state index in [0.29, 0.717) is 18.2 Å². The summed E-state index contributed by atoms with van der Waals surface area (Å²) in [5.74, 6) is 0. The third-order valence-corrected chi connectivity index (χ3v) is 7.43. The van der Waals surface area contributed by atoms with Gasteiger partial charge in [-0.3, -0.25) is 9.88 Å². The van der Waals surface area contributed by atoms with Crippen molar-refractivity contribution in [2.45, 2.75) is 29.8 Å². The third-order valence-electron chi connectivity index (χ3n) is 5.42. The lowest BCUT2D eigenvalue weighted by Crippen LogP contribution is -2.43. The predicted molar refractivity (Wildman–Crippen MR) is 117 cm³/mol. The third kappa shape index (κ3) is 4.05. The number of hydrogen-bond donors (Lipinski definition) is 2. The van der Waals surface area contributed by atoms with Crippen molar-refractivity contribution >= 4 is 42.8 Å². The van der Waals surface area contributed by atoms with Gasteiger partial charge in [-0.15, -0.1) is 0 Å². The van der Waals surface area contributed by atoms with Gasteiger partial charge in [-0.05, 0) is 42.7 Å². The summed E-state index contributed by atoms with van der Waals surface area (Å²) < 4.78 is 29.5. The molecule has 2 N–H and O–H groups in total. The van der Waals surface area contributed by atoms with Gasteiger partial charge in [-0.1, -0.05) is 40.2 Å². The van der Waals surface area contributed by atoms with Crippen LogP contribution < -0.4 is 4.72 Å². The zero-order valence-corrected chi connectivity index (χ0v) is 18.3. The van der Waals surface area contributed by atoms with Gasteiger partial charge in [0.05, 0.1) is 10.9 Å². The van der Waals surface area contributed by atoms with E-state index < -0.39 is 22.2 Å². The summed E-state index contributed by atoms with van der Waals surface area (Å²) in [6.45, 7) is 0.0170. The van der Waals surface area contributed by atoms with Crippen LogP contribution in [0.2, 0.25) is 0 Å². The lowest BCUT2D eigenvalue weighted by atomic mass is 10.1. The molecule has 1 aliphatic heterocycles. The van der Waals surface area contributed by atoms with E-state index in [0.717, 1.165) is 15.4 Å². The van der Waals surface area contributed by atoms with Crippen LogP contribution >= 0.6 is 15.9 Å². The highest BCUT2D eigenvalue weighted by Gasteiger charge is 2.38. The molecule has 2 aromatic carbocycles. The van der Waals surface area contributed by atoms with Crippen LogP contribution in [0, 0.1) is 0 Å².